The van der Waals surface area contributed by atoms with Crippen LogP contribution in [0.3, 0.4) is 0 Å². The van der Waals surface area contributed by atoms with E-state index in [1.54, 1.807) is 14.0 Å². The molecule has 0 aromatic heterocycles. The van der Waals surface area contributed by atoms with Crippen molar-refractivity contribution in [2.75, 3.05) is 20.3 Å². The van der Waals surface area contributed by atoms with Gasteiger partial charge >= 0.3 is 6.36 Å². The summed E-state index contributed by atoms with van der Waals surface area (Å²) in [6, 6.07) is 5.38. The van der Waals surface area contributed by atoms with Gasteiger partial charge in [-0.15, -0.1) is 13.2 Å². The summed E-state index contributed by atoms with van der Waals surface area (Å²) < 4.78 is 44.7. The molecule has 4 nitrogen and oxygen atoms in total. The van der Waals surface area contributed by atoms with E-state index in [-0.39, 0.29) is 24.8 Å². The Bertz CT molecular complexity index is 431. The number of nitrogens with zero attached hydrogens (tertiary/aromatic N) is 1. The molecule has 7 heteroatoms. The van der Waals surface area contributed by atoms with Gasteiger partial charge in [0.2, 0.25) is 5.91 Å². The summed E-state index contributed by atoms with van der Waals surface area (Å²) in [7, 11) is 1.60. The molecule has 0 saturated heterocycles. The van der Waals surface area contributed by atoms with Crippen LogP contribution in [0.25, 0.3) is 0 Å². The zero-order chi connectivity index (χ0) is 15.2. The molecule has 0 atom stereocenters. The first-order valence-electron chi connectivity index (χ1n) is 5.98. The van der Waals surface area contributed by atoms with Crippen LogP contribution in [0.1, 0.15) is 12.5 Å². The molecule has 0 saturated carbocycles. The highest BCUT2D eigenvalue weighted by molar-refractivity contribution is 5.77. The normalized spacial score (nSPS) is 11.2. The molecule has 1 aromatic carbocycles. The third kappa shape index (κ3) is 5.92. The van der Waals surface area contributed by atoms with Gasteiger partial charge in [-0.3, -0.25) is 4.79 Å². The lowest BCUT2D eigenvalue weighted by Crippen LogP contribution is -2.29. The van der Waals surface area contributed by atoms with Crippen molar-refractivity contribution in [1.82, 2.24) is 4.90 Å². The molecule has 0 aliphatic heterocycles. The van der Waals surface area contributed by atoms with Crippen LogP contribution in [-0.2, 0) is 16.1 Å². The SMILES string of the molecule is CCOCC(=O)N(C)Cc1ccc(OC(F)(F)F)cc1. The van der Waals surface area contributed by atoms with E-state index in [0.717, 1.165) is 0 Å². The Labute approximate surface area is 115 Å². The average Bonchev–Trinajstić information content (AvgIpc) is 2.36. The molecule has 0 aliphatic carbocycles. The minimum absolute atomic E-state index is 0.0116. The average molecular weight is 291 g/mol. The molecule has 0 N–H and O–H groups in total. The van der Waals surface area contributed by atoms with E-state index >= 15 is 0 Å². The highest BCUT2D eigenvalue weighted by Crippen LogP contribution is 2.22. The van der Waals surface area contributed by atoms with E-state index in [2.05, 4.69) is 4.74 Å². The molecule has 1 rings (SSSR count). The van der Waals surface area contributed by atoms with E-state index in [0.29, 0.717) is 12.2 Å². The number of likely N-dealkylation sites (N-methyl/N-ethyl adjacent to an activating group) is 1. The number of hydrogen-bond donors (Lipinski definition) is 0. The largest absolute Gasteiger partial charge is 0.573 e. The molecule has 0 radical (unpaired) electrons. The van der Waals surface area contributed by atoms with E-state index in [1.807, 2.05) is 0 Å². The zero-order valence-electron chi connectivity index (χ0n) is 11.2. The molecule has 0 spiro atoms. The third-order valence-electron chi connectivity index (χ3n) is 2.43. The van der Waals surface area contributed by atoms with Gasteiger partial charge in [0.25, 0.3) is 0 Å². The van der Waals surface area contributed by atoms with Crippen molar-refractivity contribution >= 4 is 5.91 Å². The van der Waals surface area contributed by atoms with Gasteiger partial charge in [-0.1, -0.05) is 12.1 Å². The van der Waals surface area contributed by atoms with Crippen molar-refractivity contribution in [2.45, 2.75) is 19.8 Å². The van der Waals surface area contributed by atoms with Crippen LogP contribution in [0.5, 0.6) is 5.75 Å². The molecule has 1 amide bonds. The Morgan fingerprint density at radius 1 is 1.25 bits per heavy atom. The molecule has 0 bridgehead atoms. The zero-order valence-corrected chi connectivity index (χ0v) is 11.2. The molecular weight excluding hydrogens is 275 g/mol. The first-order valence-corrected chi connectivity index (χ1v) is 5.98. The standard InChI is InChI=1S/C13H16F3NO3/c1-3-19-9-12(18)17(2)8-10-4-6-11(7-5-10)20-13(14,15)16/h4-7H,3,8-9H2,1-2H3. The Morgan fingerprint density at radius 3 is 2.35 bits per heavy atom. The first-order chi connectivity index (χ1) is 9.31. The second-order valence-corrected chi connectivity index (χ2v) is 4.08. The number of amides is 1. The number of halogens is 3. The van der Waals surface area contributed by atoms with Gasteiger partial charge in [0.15, 0.2) is 0 Å². The van der Waals surface area contributed by atoms with Crippen molar-refractivity contribution in [3.63, 3.8) is 0 Å². The smallest absolute Gasteiger partial charge is 0.406 e. The number of hydrogen-bond acceptors (Lipinski definition) is 3. The van der Waals surface area contributed by atoms with E-state index in [1.165, 1.54) is 29.2 Å². The molecule has 0 fully saturated rings. The third-order valence-corrected chi connectivity index (χ3v) is 2.43. The summed E-state index contributed by atoms with van der Waals surface area (Å²) in [4.78, 5) is 13.0. The van der Waals surface area contributed by atoms with Crippen LogP contribution in [0.15, 0.2) is 24.3 Å². The highest BCUT2D eigenvalue weighted by Gasteiger charge is 2.30. The maximum absolute atomic E-state index is 12.0. The number of alkyl halides is 3. The predicted molar refractivity (Wildman–Crippen MR) is 66.1 cm³/mol. The van der Waals surface area contributed by atoms with Crippen molar-refractivity contribution in [2.24, 2.45) is 0 Å². The number of carbonyl (C=O) groups is 1. The van der Waals surface area contributed by atoms with E-state index in [9.17, 15) is 18.0 Å². The Morgan fingerprint density at radius 2 is 1.85 bits per heavy atom. The van der Waals surface area contributed by atoms with Crippen LogP contribution in [-0.4, -0.2) is 37.4 Å². The van der Waals surface area contributed by atoms with Crippen molar-refractivity contribution in [3.8, 4) is 5.75 Å². The molecule has 0 heterocycles. The lowest BCUT2D eigenvalue weighted by molar-refractivity contribution is -0.274. The molecule has 0 aliphatic rings. The fraction of sp³-hybridized carbons (Fsp3) is 0.462. The molecule has 20 heavy (non-hydrogen) atoms. The Balaban J connectivity index is 2.54. The lowest BCUT2D eigenvalue weighted by atomic mass is 10.2. The maximum atomic E-state index is 12.0. The van der Waals surface area contributed by atoms with Crippen molar-refractivity contribution in [3.05, 3.63) is 29.8 Å². The van der Waals surface area contributed by atoms with Crippen LogP contribution in [0, 0.1) is 0 Å². The number of ether oxygens (including phenoxy) is 2. The highest BCUT2D eigenvalue weighted by atomic mass is 19.4. The summed E-state index contributed by atoms with van der Waals surface area (Å²) in [5.41, 5.74) is 0.701. The van der Waals surface area contributed by atoms with Crippen LogP contribution >= 0.6 is 0 Å². The maximum Gasteiger partial charge on any atom is 0.573 e. The summed E-state index contributed by atoms with van der Waals surface area (Å²) >= 11 is 0. The first kappa shape index (κ1) is 16.3. The van der Waals surface area contributed by atoms with Gasteiger partial charge in [-0.25, -0.2) is 0 Å². The van der Waals surface area contributed by atoms with Gasteiger partial charge in [-0.05, 0) is 24.6 Å². The minimum Gasteiger partial charge on any atom is -0.406 e. The van der Waals surface area contributed by atoms with Gasteiger partial charge in [-0.2, -0.15) is 0 Å². The summed E-state index contributed by atoms with van der Waals surface area (Å²) in [6.45, 7) is 2.51. The van der Waals surface area contributed by atoms with Crippen LogP contribution in [0.4, 0.5) is 13.2 Å². The van der Waals surface area contributed by atoms with Gasteiger partial charge in [0, 0.05) is 20.2 Å². The van der Waals surface area contributed by atoms with Gasteiger partial charge < -0.3 is 14.4 Å². The number of carbonyl (C=O) groups excluding carboxylic acids is 1. The summed E-state index contributed by atoms with van der Waals surface area (Å²) in [5, 5.41) is 0. The fourth-order valence-electron chi connectivity index (χ4n) is 1.46. The summed E-state index contributed by atoms with van der Waals surface area (Å²) in [5.74, 6) is -0.480. The number of benzene rings is 1. The molecular formula is C13H16F3NO3. The minimum atomic E-state index is -4.70. The fourth-order valence-corrected chi connectivity index (χ4v) is 1.46. The van der Waals surface area contributed by atoms with Crippen molar-refractivity contribution < 1.29 is 27.4 Å². The van der Waals surface area contributed by atoms with Crippen molar-refractivity contribution in [1.29, 1.82) is 0 Å². The van der Waals surface area contributed by atoms with Gasteiger partial charge in [0.05, 0.1) is 0 Å². The Hall–Kier alpha value is -1.76. The number of rotatable bonds is 6. The Kier molecular flexibility index (Phi) is 5.82. The molecule has 112 valence electrons. The quantitative estimate of drug-likeness (QED) is 0.808. The molecule has 0 unspecified atom stereocenters. The van der Waals surface area contributed by atoms with Crippen LogP contribution < -0.4 is 4.74 Å². The topological polar surface area (TPSA) is 38.8 Å². The second-order valence-electron chi connectivity index (χ2n) is 4.08. The monoisotopic (exact) mass is 291 g/mol. The van der Waals surface area contributed by atoms with E-state index < -0.39 is 6.36 Å². The van der Waals surface area contributed by atoms with Gasteiger partial charge in [0.1, 0.15) is 12.4 Å². The second kappa shape index (κ2) is 7.14. The predicted octanol–water partition coefficient (Wildman–Crippen LogP) is 2.58. The lowest BCUT2D eigenvalue weighted by Gasteiger charge is -2.17. The van der Waals surface area contributed by atoms with Crippen LogP contribution in [0.2, 0.25) is 0 Å². The summed E-state index contributed by atoms with van der Waals surface area (Å²) in [6.07, 6.45) is -4.70. The molecule has 1 aromatic rings. The van der Waals surface area contributed by atoms with E-state index in [4.69, 9.17) is 4.74 Å².